The van der Waals surface area contributed by atoms with Crippen LogP contribution >= 0.6 is 0 Å². The molecule has 0 spiro atoms. The highest BCUT2D eigenvalue weighted by molar-refractivity contribution is 5.33. The second kappa shape index (κ2) is 3.73. The fourth-order valence-electron chi connectivity index (χ4n) is 0.972. The molecule has 0 fully saturated rings. The third kappa shape index (κ3) is 3.12. The molecule has 78 valence electrons. The van der Waals surface area contributed by atoms with Crippen LogP contribution < -0.4 is 11.3 Å². The van der Waals surface area contributed by atoms with E-state index in [9.17, 15) is 18.0 Å². The van der Waals surface area contributed by atoms with Crippen LogP contribution in [0.5, 0.6) is 0 Å². The minimum Gasteiger partial charge on any atom is -0.398 e. The first-order valence-electron chi connectivity index (χ1n) is 3.91. The van der Waals surface area contributed by atoms with Crippen molar-refractivity contribution >= 4 is 5.69 Å². The van der Waals surface area contributed by atoms with Crippen LogP contribution in [-0.4, -0.2) is 10.7 Å². The van der Waals surface area contributed by atoms with E-state index in [0.29, 0.717) is 0 Å². The fraction of sp³-hybridized carbons (Fsp3) is 0.375. The first-order chi connectivity index (χ1) is 6.38. The maximum absolute atomic E-state index is 11.8. The van der Waals surface area contributed by atoms with Crippen molar-refractivity contribution < 1.29 is 13.2 Å². The van der Waals surface area contributed by atoms with Crippen LogP contribution in [0.4, 0.5) is 18.9 Å². The molecule has 1 rings (SSSR count). The van der Waals surface area contributed by atoms with E-state index in [-0.39, 0.29) is 5.69 Å². The molecule has 0 aliphatic heterocycles. The van der Waals surface area contributed by atoms with Crippen molar-refractivity contribution in [2.75, 3.05) is 5.73 Å². The lowest BCUT2D eigenvalue weighted by Gasteiger charge is -2.08. The minimum atomic E-state index is -4.26. The van der Waals surface area contributed by atoms with E-state index in [1.807, 2.05) is 0 Å². The second-order valence-corrected chi connectivity index (χ2v) is 2.86. The van der Waals surface area contributed by atoms with Crippen molar-refractivity contribution in [1.82, 2.24) is 4.57 Å². The predicted molar refractivity (Wildman–Crippen MR) is 45.8 cm³/mol. The van der Waals surface area contributed by atoms with Crippen molar-refractivity contribution in [3.05, 3.63) is 28.7 Å². The minimum absolute atomic E-state index is 0.270. The molecular weight excluding hydrogens is 197 g/mol. The summed E-state index contributed by atoms with van der Waals surface area (Å²) in [5.74, 6) is 0. The van der Waals surface area contributed by atoms with Gasteiger partial charge < -0.3 is 10.3 Å². The molecule has 6 heteroatoms. The Kier molecular flexibility index (Phi) is 2.83. The monoisotopic (exact) mass is 206 g/mol. The van der Waals surface area contributed by atoms with E-state index < -0.39 is 24.7 Å². The summed E-state index contributed by atoms with van der Waals surface area (Å²) in [5.41, 5.74) is 5.11. The number of nitrogen functional groups attached to an aromatic ring is 1. The molecule has 0 saturated carbocycles. The topological polar surface area (TPSA) is 48.0 Å². The Balaban J connectivity index is 2.77. The fourth-order valence-corrected chi connectivity index (χ4v) is 0.972. The van der Waals surface area contributed by atoms with Crippen LogP contribution in [0, 0.1) is 0 Å². The molecule has 0 aromatic carbocycles. The van der Waals surface area contributed by atoms with Crippen molar-refractivity contribution in [1.29, 1.82) is 0 Å². The van der Waals surface area contributed by atoms with Gasteiger partial charge in [0.05, 0.1) is 6.42 Å². The number of alkyl halides is 3. The van der Waals surface area contributed by atoms with E-state index in [4.69, 9.17) is 5.73 Å². The van der Waals surface area contributed by atoms with Gasteiger partial charge in [0.15, 0.2) is 0 Å². The normalized spacial score (nSPS) is 11.6. The number of rotatable bonds is 2. The zero-order valence-electron chi connectivity index (χ0n) is 7.21. The number of hydrogen-bond acceptors (Lipinski definition) is 2. The quantitative estimate of drug-likeness (QED) is 0.794. The molecule has 2 N–H and O–H groups in total. The van der Waals surface area contributed by atoms with Gasteiger partial charge in [0.2, 0.25) is 0 Å². The molecule has 0 atom stereocenters. The number of anilines is 1. The average Bonchev–Trinajstić information content (AvgIpc) is 2.05. The lowest BCUT2D eigenvalue weighted by molar-refractivity contribution is -0.136. The molecule has 14 heavy (non-hydrogen) atoms. The largest absolute Gasteiger partial charge is 0.398 e. The SMILES string of the molecule is Nc1ccc(=O)n(CCC(F)(F)F)c1. The highest BCUT2D eigenvalue weighted by Crippen LogP contribution is 2.19. The summed E-state index contributed by atoms with van der Waals surface area (Å²) in [6, 6.07) is 2.50. The summed E-state index contributed by atoms with van der Waals surface area (Å²) in [6.07, 6.45) is -4.09. The Hall–Kier alpha value is -1.46. The summed E-state index contributed by atoms with van der Waals surface area (Å²) < 4.78 is 36.4. The zero-order chi connectivity index (χ0) is 10.8. The van der Waals surface area contributed by atoms with Gasteiger partial charge in [-0.3, -0.25) is 4.79 Å². The highest BCUT2D eigenvalue weighted by Gasteiger charge is 2.26. The summed E-state index contributed by atoms with van der Waals surface area (Å²) in [4.78, 5) is 11.0. The maximum Gasteiger partial charge on any atom is 0.390 e. The molecule has 1 aromatic rings. The van der Waals surface area contributed by atoms with E-state index in [1.165, 1.54) is 12.3 Å². The van der Waals surface area contributed by atoms with Crippen molar-refractivity contribution in [2.24, 2.45) is 0 Å². The number of aryl methyl sites for hydroxylation is 1. The average molecular weight is 206 g/mol. The van der Waals surface area contributed by atoms with Crippen LogP contribution in [0.3, 0.4) is 0 Å². The van der Waals surface area contributed by atoms with E-state index in [2.05, 4.69) is 0 Å². The molecule has 1 heterocycles. The molecule has 3 nitrogen and oxygen atoms in total. The van der Waals surface area contributed by atoms with Gasteiger partial charge in [-0.25, -0.2) is 0 Å². The van der Waals surface area contributed by atoms with Crippen LogP contribution in [0.1, 0.15) is 6.42 Å². The van der Waals surface area contributed by atoms with Gasteiger partial charge >= 0.3 is 6.18 Å². The number of halogens is 3. The first kappa shape index (κ1) is 10.6. The smallest absolute Gasteiger partial charge is 0.390 e. The third-order valence-corrected chi connectivity index (χ3v) is 1.64. The van der Waals surface area contributed by atoms with Crippen molar-refractivity contribution in [2.45, 2.75) is 19.1 Å². The zero-order valence-corrected chi connectivity index (χ0v) is 7.21. The first-order valence-corrected chi connectivity index (χ1v) is 3.91. The van der Waals surface area contributed by atoms with Gasteiger partial charge in [0.25, 0.3) is 5.56 Å². The Morgan fingerprint density at radius 2 is 2.00 bits per heavy atom. The van der Waals surface area contributed by atoms with Crippen LogP contribution in [0.25, 0.3) is 0 Å². The Morgan fingerprint density at radius 1 is 1.36 bits per heavy atom. The van der Waals surface area contributed by atoms with E-state index >= 15 is 0 Å². The number of aromatic nitrogens is 1. The molecule has 0 aliphatic carbocycles. The van der Waals surface area contributed by atoms with Gasteiger partial charge in [-0.1, -0.05) is 0 Å². The van der Waals surface area contributed by atoms with E-state index in [0.717, 1.165) is 10.6 Å². The summed E-state index contributed by atoms with van der Waals surface area (Å²) in [6.45, 7) is -0.395. The summed E-state index contributed by atoms with van der Waals surface area (Å²) >= 11 is 0. The number of hydrogen-bond donors (Lipinski definition) is 1. The van der Waals surface area contributed by atoms with E-state index in [1.54, 1.807) is 0 Å². The van der Waals surface area contributed by atoms with Gasteiger partial charge in [-0.2, -0.15) is 13.2 Å². The number of pyridine rings is 1. The van der Waals surface area contributed by atoms with Crippen LogP contribution in [0.2, 0.25) is 0 Å². The number of nitrogens with zero attached hydrogens (tertiary/aromatic N) is 1. The van der Waals surface area contributed by atoms with Gasteiger partial charge in [0.1, 0.15) is 0 Å². The molecule has 0 radical (unpaired) electrons. The Labute approximate surface area is 78.0 Å². The molecule has 0 aliphatic rings. The molecule has 0 saturated heterocycles. The summed E-state index contributed by atoms with van der Waals surface area (Å²) in [7, 11) is 0. The molecule has 1 aromatic heterocycles. The molecule has 0 amide bonds. The van der Waals surface area contributed by atoms with Crippen LogP contribution in [0.15, 0.2) is 23.1 Å². The standard InChI is InChI=1S/C8H9F3N2O/c9-8(10,11)3-4-13-5-6(12)1-2-7(13)14/h1-2,5H,3-4,12H2. The van der Waals surface area contributed by atoms with Gasteiger partial charge in [-0.05, 0) is 6.07 Å². The molecular formula is C8H9F3N2O. The number of nitrogens with two attached hydrogens (primary N) is 1. The highest BCUT2D eigenvalue weighted by atomic mass is 19.4. The maximum atomic E-state index is 11.8. The molecule has 0 bridgehead atoms. The predicted octanol–water partition coefficient (Wildman–Crippen LogP) is 1.38. The lowest BCUT2D eigenvalue weighted by atomic mass is 10.3. The van der Waals surface area contributed by atoms with Crippen molar-refractivity contribution in [3.63, 3.8) is 0 Å². The Bertz CT molecular complexity index is 370. The second-order valence-electron chi connectivity index (χ2n) is 2.86. The molecule has 0 unspecified atom stereocenters. The van der Waals surface area contributed by atoms with Crippen molar-refractivity contribution in [3.8, 4) is 0 Å². The van der Waals surface area contributed by atoms with Crippen LogP contribution in [-0.2, 0) is 6.54 Å². The lowest BCUT2D eigenvalue weighted by Crippen LogP contribution is -2.22. The third-order valence-electron chi connectivity index (χ3n) is 1.64. The van der Waals surface area contributed by atoms with Gasteiger partial charge in [0, 0.05) is 24.5 Å². The Morgan fingerprint density at radius 3 is 2.57 bits per heavy atom. The summed E-state index contributed by atoms with van der Waals surface area (Å²) in [5, 5.41) is 0. The van der Waals surface area contributed by atoms with Gasteiger partial charge in [-0.15, -0.1) is 0 Å².